The predicted octanol–water partition coefficient (Wildman–Crippen LogP) is 3.95. The highest BCUT2D eigenvalue weighted by Crippen LogP contribution is 2.24. The standard InChI is InChI=1S/C21H17F3N2O4S/c1-26(31(28,29)16-5-3-2-4-6-16)14-7-9-15(10-8-14)30-13-19(27)25-18-12-11-17(22)20(23)21(18)24/h2-12H,13H2,1H3,(H,25,27). The maximum atomic E-state index is 13.6. The van der Waals surface area contributed by atoms with Gasteiger partial charge in [0.2, 0.25) is 0 Å². The molecule has 0 fully saturated rings. The normalized spacial score (nSPS) is 11.1. The number of amides is 1. The molecule has 0 saturated carbocycles. The van der Waals surface area contributed by atoms with E-state index in [1.54, 1.807) is 18.2 Å². The van der Waals surface area contributed by atoms with Crippen molar-refractivity contribution < 1.29 is 31.1 Å². The zero-order valence-corrected chi connectivity index (χ0v) is 17.0. The van der Waals surface area contributed by atoms with E-state index < -0.39 is 45.7 Å². The Morgan fingerprint density at radius 3 is 2.23 bits per heavy atom. The number of hydrogen-bond donors (Lipinski definition) is 1. The van der Waals surface area contributed by atoms with Crippen LogP contribution in [0.2, 0.25) is 0 Å². The molecule has 0 aliphatic heterocycles. The first-order valence-electron chi connectivity index (χ1n) is 8.90. The van der Waals surface area contributed by atoms with Gasteiger partial charge in [0.1, 0.15) is 5.75 Å². The van der Waals surface area contributed by atoms with Crippen LogP contribution in [0.25, 0.3) is 0 Å². The first-order chi connectivity index (χ1) is 14.7. The van der Waals surface area contributed by atoms with E-state index in [9.17, 15) is 26.4 Å². The third-order valence-electron chi connectivity index (χ3n) is 4.28. The largest absolute Gasteiger partial charge is 0.484 e. The minimum Gasteiger partial charge on any atom is -0.484 e. The van der Waals surface area contributed by atoms with Gasteiger partial charge < -0.3 is 10.1 Å². The Bertz CT molecular complexity index is 1190. The van der Waals surface area contributed by atoms with Crippen molar-refractivity contribution >= 4 is 27.3 Å². The van der Waals surface area contributed by atoms with Crippen molar-refractivity contribution in [3.8, 4) is 5.75 Å². The molecule has 3 aromatic rings. The highest BCUT2D eigenvalue weighted by atomic mass is 32.2. The van der Waals surface area contributed by atoms with Gasteiger partial charge in [-0.2, -0.15) is 0 Å². The minimum absolute atomic E-state index is 0.138. The molecule has 0 bridgehead atoms. The molecule has 0 unspecified atom stereocenters. The number of sulfonamides is 1. The second-order valence-corrected chi connectivity index (χ2v) is 8.31. The summed E-state index contributed by atoms with van der Waals surface area (Å²) in [6.07, 6.45) is 0. The molecule has 0 heterocycles. The fourth-order valence-electron chi connectivity index (χ4n) is 2.60. The highest BCUT2D eigenvalue weighted by molar-refractivity contribution is 7.92. The number of ether oxygens (including phenoxy) is 1. The number of anilines is 2. The molecule has 0 atom stereocenters. The number of hydrogen-bond acceptors (Lipinski definition) is 4. The smallest absolute Gasteiger partial charge is 0.264 e. The zero-order valence-electron chi connectivity index (χ0n) is 16.2. The van der Waals surface area contributed by atoms with Crippen LogP contribution in [0.3, 0.4) is 0 Å². The lowest BCUT2D eigenvalue weighted by Crippen LogP contribution is -2.26. The Morgan fingerprint density at radius 2 is 1.58 bits per heavy atom. The van der Waals surface area contributed by atoms with Gasteiger partial charge in [-0.3, -0.25) is 9.10 Å². The monoisotopic (exact) mass is 450 g/mol. The SMILES string of the molecule is CN(c1ccc(OCC(=O)Nc2ccc(F)c(F)c2F)cc1)S(=O)(=O)c1ccccc1. The Labute approximate surface area is 176 Å². The molecule has 31 heavy (non-hydrogen) atoms. The van der Waals surface area contributed by atoms with Crippen molar-refractivity contribution in [2.24, 2.45) is 0 Å². The molecule has 0 saturated heterocycles. The van der Waals surface area contributed by atoms with E-state index in [-0.39, 0.29) is 10.6 Å². The quantitative estimate of drug-likeness (QED) is 0.553. The van der Waals surface area contributed by atoms with Crippen LogP contribution >= 0.6 is 0 Å². The number of halogens is 3. The summed E-state index contributed by atoms with van der Waals surface area (Å²) in [7, 11) is -2.34. The molecule has 1 amide bonds. The summed E-state index contributed by atoms with van der Waals surface area (Å²) in [5.41, 5.74) is -0.153. The van der Waals surface area contributed by atoms with E-state index in [1.165, 1.54) is 43.4 Å². The number of nitrogens with one attached hydrogen (secondary N) is 1. The Hall–Kier alpha value is -3.53. The Morgan fingerprint density at radius 1 is 0.935 bits per heavy atom. The van der Waals surface area contributed by atoms with Crippen LogP contribution in [0.5, 0.6) is 5.75 Å². The van der Waals surface area contributed by atoms with Crippen LogP contribution in [0.4, 0.5) is 24.5 Å². The van der Waals surface area contributed by atoms with Crippen LogP contribution in [-0.2, 0) is 14.8 Å². The lowest BCUT2D eigenvalue weighted by molar-refractivity contribution is -0.118. The summed E-state index contributed by atoms with van der Waals surface area (Å²) in [6.45, 7) is -0.532. The second-order valence-electron chi connectivity index (χ2n) is 6.34. The number of benzene rings is 3. The maximum absolute atomic E-state index is 13.6. The van der Waals surface area contributed by atoms with Crippen molar-refractivity contribution in [2.45, 2.75) is 4.90 Å². The van der Waals surface area contributed by atoms with Crippen molar-refractivity contribution in [2.75, 3.05) is 23.3 Å². The van der Waals surface area contributed by atoms with Gasteiger partial charge in [0.25, 0.3) is 15.9 Å². The van der Waals surface area contributed by atoms with E-state index in [0.717, 1.165) is 10.4 Å². The Kier molecular flexibility index (Phi) is 6.50. The molecule has 10 heteroatoms. The summed E-state index contributed by atoms with van der Waals surface area (Å²) in [6, 6.07) is 15.4. The topological polar surface area (TPSA) is 75.7 Å². The molecule has 0 aromatic heterocycles. The number of carbonyl (C=O) groups is 1. The van der Waals surface area contributed by atoms with Crippen LogP contribution in [0, 0.1) is 17.5 Å². The lowest BCUT2D eigenvalue weighted by Gasteiger charge is -2.19. The molecule has 0 aliphatic rings. The van der Waals surface area contributed by atoms with E-state index in [2.05, 4.69) is 5.32 Å². The summed E-state index contributed by atoms with van der Waals surface area (Å²) in [4.78, 5) is 12.0. The van der Waals surface area contributed by atoms with E-state index >= 15 is 0 Å². The van der Waals surface area contributed by atoms with Crippen molar-refractivity contribution in [3.63, 3.8) is 0 Å². The molecule has 0 radical (unpaired) electrons. The third kappa shape index (κ3) is 4.97. The van der Waals surface area contributed by atoms with Crippen molar-refractivity contribution in [1.82, 2.24) is 0 Å². The van der Waals surface area contributed by atoms with Gasteiger partial charge in [0, 0.05) is 7.05 Å². The fraction of sp³-hybridized carbons (Fsp3) is 0.0952. The summed E-state index contributed by atoms with van der Waals surface area (Å²) in [5, 5.41) is 2.08. The van der Waals surface area contributed by atoms with E-state index in [4.69, 9.17) is 4.74 Å². The van der Waals surface area contributed by atoms with Crippen LogP contribution in [0.1, 0.15) is 0 Å². The summed E-state index contributed by atoms with van der Waals surface area (Å²) >= 11 is 0. The van der Waals surface area contributed by atoms with Gasteiger partial charge in [-0.25, -0.2) is 21.6 Å². The average molecular weight is 450 g/mol. The molecule has 162 valence electrons. The molecule has 0 spiro atoms. The molecular weight excluding hydrogens is 433 g/mol. The number of carbonyl (C=O) groups excluding carboxylic acids is 1. The highest BCUT2D eigenvalue weighted by Gasteiger charge is 2.21. The maximum Gasteiger partial charge on any atom is 0.264 e. The van der Waals surface area contributed by atoms with Crippen LogP contribution in [-0.4, -0.2) is 28.0 Å². The molecule has 0 aliphatic carbocycles. The Balaban J connectivity index is 1.62. The first kappa shape index (κ1) is 22.2. The van der Waals surface area contributed by atoms with Gasteiger partial charge in [0.05, 0.1) is 16.3 Å². The zero-order chi connectivity index (χ0) is 22.6. The fourth-order valence-corrected chi connectivity index (χ4v) is 3.82. The third-order valence-corrected chi connectivity index (χ3v) is 6.08. The lowest BCUT2D eigenvalue weighted by atomic mass is 10.3. The second kappa shape index (κ2) is 9.09. The van der Waals surface area contributed by atoms with Crippen molar-refractivity contribution in [1.29, 1.82) is 0 Å². The molecule has 3 rings (SSSR count). The van der Waals surface area contributed by atoms with Gasteiger partial charge in [-0.15, -0.1) is 0 Å². The van der Waals surface area contributed by atoms with E-state index in [0.29, 0.717) is 11.8 Å². The van der Waals surface area contributed by atoms with E-state index in [1.807, 2.05) is 0 Å². The van der Waals surface area contributed by atoms with Crippen molar-refractivity contribution in [3.05, 3.63) is 84.2 Å². The average Bonchev–Trinajstić information content (AvgIpc) is 2.78. The van der Waals surface area contributed by atoms with Gasteiger partial charge in [0.15, 0.2) is 24.1 Å². The van der Waals surface area contributed by atoms with Gasteiger partial charge >= 0.3 is 0 Å². The summed E-state index contributed by atoms with van der Waals surface area (Å²) in [5.74, 6) is -5.12. The molecular formula is C21H17F3N2O4S. The van der Waals surface area contributed by atoms with Crippen LogP contribution in [0.15, 0.2) is 71.6 Å². The predicted molar refractivity (Wildman–Crippen MR) is 109 cm³/mol. The molecule has 6 nitrogen and oxygen atoms in total. The number of nitrogens with zero attached hydrogens (tertiary/aromatic N) is 1. The number of rotatable bonds is 7. The van der Waals surface area contributed by atoms with Gasteiger partial charge in [-0.05, 0) is 48.5 Å². The van der Waals surface area contributed by atoms with Gasteiger partial charge in [-0.1, -0.05) is 18.2 Å². The van der Waals surface area contributed by atoms with Crippen LogP contribution < -0.4 is 14.4 Å². The first-order valence-corrected chi connectivity index (χ1v) is 10.3. The molecule has 1 N–H and O–H groups in total. The molecule has 3 aromatic carbocycles. The minimum atomic E-state index is -3.74. The summed E-state index contributed by atoms with van der Waals surface area (Å²) < 4.78 is 71.4.